The summed E-state index contributed by atoms with van der Waals surface area (Å²) in [7, 11) is 0. The van der Waals surface area contributed by atoms with Crippen molar-refractivity contribution in [2.75, 3.05) is 17.3 Å². The van der Waals surface area contributed by atoms with Gasteiger partial charge in [-0.15, -0.1) is 11.3 Å². The van der Waals surface area contributed by atoms with Gasteiger partial charge in [-0.05, 0) is 13.8 Å². The van der Waals surface area contributed by atoms with Crippen LogP contribution < -0.4 is 16.6 Å². The molecule has 0 fully saturated rings. The summed E-state index contributed by atoms with van der Waals surface area (Å²) >= 11 is 1.65. The molecule has 2 aromatic rings. The van der Waals surface area contributed by atoms with Gasteiger partial charge in [0.05, 0.1) is 11.6 Å². The number of hydrazine groups is 1. The van der Waals surface area contributed by atoms with Gasteiger partial charge in [0.1, 0.15) is 18.2 Å². The third-order valence-electron chi connectivity index (χ3n) is 2.47. The molecule has 0 aromatic carbocycles. The van der Waals surface area contributed by atoms with Gasteiger partial charge in [0.25, 0.3) is 0 Å². The first-order valence-electron chi connectivity index (χ1n) is 6.28. The van der Waals surface area contributed by atoms with Crippen LogP contribution in [0.15, 0.2) is 12.3 Å². The SMILES string of the molecule is CCOCc1nc(NN)cc(NCc2cnc(C)s2)n1. The maximum Gasteiger partial charge on any atom is 0.158 e. The van der Waals surface area contributed by atoms with Gasteiger partial charge in [-0.25, -0.2) is 20.8 Å². The monoisotopic (exact) mass is 294 g/mol. The van der Waals surface area contributed by atoms with E-state index in [9.17, 15) is 0 Å². The van der Waals surface area contributed by atoms with Crippen molar-refractivity contribution in [1.82, 2.24) is 15.0 Å². The number of nitrogens with one attached hydrogen (secondary N) is 2. The van der Waals surface area contributed by atoms with Crippen LogP contribution in [0.25, 0.3) is 0 Å². The summed E-state index contributed by atoms with van der Waals surface area (Å²) in [5.41, 5.74) is 2.53. The van der Waals surface area contributed by atoms with Gasteiger partial charge in [0.15, 0.2) is 5.82 Å². The Hall–Kier alpha value is -1.77. The van der Waals surface area contributed by atoms with Crippen molar-refractivity contribution >= 4 is 23.0 Å². The van der Waals surface area contributed by atoms with Crippen LogP contribution in [0.3, 0.4) is 0 Å². The van der Waals surface area contributed by atoms with E-state index in [-0.39, 0.29) is 0 Å². The molecule has 2 rings (SSSR count). The number of thiazole rings is 1. The highest BCUT2D eigenvalue weighted by molar-refractivity contribution is 7.11. The second kappa shape index (κ2) is 7.13. The number of rotatable bonds is 7. The first kappa shape index (κ1) is 14.6. The summed E-state index contributed by atoms with van der Waals surface area (Å²) in [6.07, 6.45) is 1.86. The molecule has 0 unspecified atom stereocenters. The maximum absolute atomic E-state index is 5.41. The number of hydrogen-bond acceptors (Lipinski definition) is 8. The third-order valence-corrected chi connectivity index (χ3v) is 3.38. The average molecular weight is 294 g/mol. The van der Waals surface area contributed by atoms with Gasteiger partial charge < -0.3 is 15.5 Å². The third kappa shape index (κ3) is 4.12. The van der Waals surface area contributed by atoms with Crippen molar-refractivity contribution in [3.8, 4) is 0 Å². The lowest BCUT2D eigenvalue weighted by Crippen LogP contribution is -2.12. The van der Waals surface area contributed by atoms with E-state index in [2.05, 4.69) is 25.7 Å². The second-order valence-corrected chi connectivity index (χ2v) is 5.35. The molecule has 0 atom stereocenters. The second-order valence-electron chi connectivity index (χ2n) is 4.04. The van der Waals surface area contributed by atoms with Crippen LogP contribution in [-0.4, -0.2) is 21.6 Å². The van der Waals surface area contributed by atoms with Crippen LogP contribution in [0.2, 0.25) is 0 Å². The van der Waals surface area contributed by atoms with Gasteiger partial charge >= 0.3 is 0 Å². The number of aryl methyl sites for hydroxylation is 1. The molecule has 108 valence electrons. The molecule has 2 heterocycles. The van der Waals surface area contributed by atoms with E-state index in [4.69, 9.17) is 10.6 Å². The van der Waals surface area contributed by atoms with Crippen LogP contribution in [-0.2, 0) is 17.9 Å². The van der Waals surface area contributed by atoms with E-state index in [0.29, 0.717) is 37.2 Å². The van der Waals surface area contributed by atoms with Gasteiger partial charge in [-0.3, -0.25) is 0 Å². The van der Waals surface area contributed by atoms with Gasteiger partial charge in [0.2, 0.25) is 0 Å². The van der Waals surface area contributed by atoms with E-state index in [0.717, 1.165) is 9.88 Å². The van der Waals surface area contributed by atoms with Crippen molar-refractivity contribution in [2.45, 2.75) is 27.0 Å². The van der Waals surface area contributed by atoms with Crippen molar-refractivity contribution in [2.24, 2.45) is 5.84 Å². The van der Waals surface area contributed by atoms with E-state index in [1.54, 1.807) is 17.4 Å². The molecule has 0 bridgehead atoms. The molecule has 4 N–H and O–H groups in total. The topological polar surface area (TPSA) is 98.0 Å². The summed E-state index contributed by atoms with van der Waals surface area (Å²) in [6.45, 7) is 5.55. The molecule has 2 aromatic heterocycles. The Bertz CT molecular complexity index is 559. The molecule has 0 aliphatic carbocycles. The number of nitrogens with two attached hydrogens (primary N) is 1. The van der Waals surface area contributed by atoms with E-state index < -0.39 is 0 Å². The Kier molecular flexibility index (Phi) is 5.22. The number of hydrogen-bond donors (Lipinski definition) is 3. The molecule has 20 heavy (non-hydrogen) atoms. The minimum atomic E-state index is 0.361. The molecule has 8 heteroatoms. The fourth-order valence-electron chi connectivity index (χ4n) is 1.58. The quantitative estimate of drug-likeness (QED) is 0.528. The van der Waals surface area contributed by atoms with Crippen LogP contribution >= 0.6 is 11.3 Å². The predicted octanol–water partition coefficient (Wildman–Crippen LogP) is 1.68. The van der Waals surface area contributed by atoms with Gasteiger partial charge in [-0.1, -0.05) is 0 Å². The van der Waals surface area contributed by atoms with Crippen LogP contribution in [0.4, 0.5) is 11.6 Å². The Morgan fingerprint density at radius 2 is 2.15 bits per heavy atom. The Balaban J connectivity index is 2.05. The van der Waals surface area contributed by atoms with Crippen molar-refractivity contribution in [3.63, 3.8) is 0 Å². The molecule has 0 saturated heterocycles. The summed E-state index contributed by atoms with van der Waals surface area (Å²) < 4.78 is 5.31. The molecule has 0 aliphatic rings. The number of anilines is 2. The van der Waals surface area contributed by atoms with Crippen molar-refractivity contribution in [3.05, 3.63) is 28.0 Å². The van der Waals surface area contributed by atoms with Crippen LogP contribution in [0, 0.1) is 6.92 Å². The number of nitrogens with zero attached hydrogens (tertiary/aromatic N) is 3. The zero-order valence-electron chi connectivity index (χ0n) is 11.5. The van der Waals surface area contributed by atoms with E-state index in [1.807, 2.05) is 20.0 Å². The van der Waals surface area contributed by atoms with Crippen molar-refractivity contribution < 1.29 is 4.74 Å². The van der Waals surface area contributed by atoms with Crippen LogP contribution in [0.5, 0.6) is 0 Å². The molecular formula is C12H18N6OS. The summed E-state index contributed by atoms with van der Waals surface area (Å²) in [5, 5.41) is 4.28. The van der Waals surface area contributed by atoms with Crippen molar-refractivity contribution in [1.29, 1.82) is 0 Å². The largest absolute Gasteiger partial charge is 0.374 e. The standard InChI is InChI=1S/C12H18N6OS/c1-3-19-7-12-16-10(4-11(17-12)18-13)15-6-9-5-14-8(2)20-9/h4-5H,3,6-7,13H2,1-2H3,(H2,15,16,17,18). The highest BCUT2D eigenvalue weighted by Gasteiger charge is 2.05. The fourth-order valence-corrected chi connectivity index (χ4v) is 2.32. The lowest BCUT2D eigenvalue weighted by Gasteiger charge is -2.09. The number of nitrogen functional groups attached to an aromatic ring is 1. The zero-order chi connectivity index (χ0) is 14.4. The highest BCUT2D eigenvalue weighted by Crippen LogP contribution is 2.15. The minimum absolute atomic E-state index is 0.361. The lowest BCUT2D eigenvalue weighted by molar-refractivity contribution is 0.128. The molecule has 0 amide bonds. The first-order chi connectivity index (χ1) is 9.71. The Morgan fingerprint density at radius 1 is 1.35 bits per heavy atom. The lowest BCUT2D eigenvalue weighted by atomic mass is 10.4. The molecule has 0 radical (unpaired) electrons. The van der Waals surface area contributed by atoms with Gasteiger partial charge in [0, 0.05) is 23.7 Å². The summed E-state index contributed by atoms with van der Waals surface area (Å²) in [5.74, 6) is 7.25. The van der Waals surface area contributed by atoms with Gasteiger partial charge in [-0.2, -0.15) is 0 Å². The number of ether oxygens (including phenoxy) is 1. The highest BCUT2D eigenvalue weighted by atomic mass is 32.1. The maximum atomic E-state index is 5.41. The smallest absolute Gasteiger partial charge is 0.158 e. The molecule has 0 saturated carbocycles. The molecule has 0 spiro atoms. The molecule has 0 aliphatic heterocycles. The molecule has 7 nitrogen and oxygen atoms in total. The first-order valence-corrected chi connectivity index (χ1v) is 7.10. The average Bonchev–Trinajstić information content (AvgIpc) is 2.88. The molecular weight excluding hydrogens is 276 g/mol. The summed E-state index contributed by atoms with van der Waals surface area (Å²) in [4.78, 5) is 14.0. The Morgan fingerprint density at radius 3 is 2.80 bits per heavy atom. The number of aromatic nitrogens is 3. The van der Waals surface area contributed by atoms with Crippen LogP contribution in [0.1, 0.15) is 22.6 Å². The zero-order valence-corrected chi connectivity index (χ0v) is 12.3. The predicted molar refractivity (Wildman–Crippen MR) is 79.3 cm³/mol. The fraction of sp³-hybridized carbons (Fsp3) is 0.417. The van der Waals surface area contributed by atoms with E-state index in [1.165, 1.54) is 0 Å². The normalized spacial score (nSPS) is 10.6. The minimum Gasteiger partial charge on any atom is -0.374 e. The summed E-state index contributed by atoms with van der Waals surface area (Å²) in [6, 6.07) is 1.75. The van der Waals surface area contributed by atoms with E-state index >= 15 is 0 Å². The Labute approximate surface area is 121 Å².